The zero-order valence-electron chi connectivity index (χ0n) is 8.51. The van der Waals surface area contributed by atoms with Crippen LogP contribution in [0.4, 0.5) is 0 Å². The fourth-order valence-corrected chi connectivity index (χ4v) is 0.654. The molecule has 0 saturated heterocycles. The van der Waals surface area contributed by atoms with E-state index in [1.807, 2.05) is 6.08 Å². The molecule has 0 fully saturated rings. The lowest BCUT2D eigenvalue weighted by Crippen LogP contribution is -1.76. The molecule has 0 aromatic rings. The Bertz CT molecular complexity index is 87.0. The minimum Gasteiger partial charge on any atom is -0.303 e. The van der Waals surface area contributed by atoms with Crippen molar-refractivity contribution in [2.24, 2.45) is 0 Å². The molecule has 0 heterocycles. The second kappa shape index (κ2) is 16.8. The second-order valence-electron chi connectivity index (χ2n) is 2.71. The number of aldehydes is 1. The molecule has 0 rings (SSSR count). The van der Waals surface area contributed by atoms with Crippen molar-refractivity contribution in [1.82, 2.24) is 0 Å². The van der Waals surface area contributed by atoms with Crippen LogP contribution < -0.4 is 0 Å². The third-order valence-electron chi connectivity index (χ3n) is 1.46. The van der Waals surface area contributed by atoms with Crippen molar-refractivity contribution in [3.63, 3.8) is 0 Å². The molecule has 0 aromatic heterocycles. The molecule has 1 nitrogen and oxygen atoms in total. The fourth-order valence-electron chi connectivity index (χ4n) is 0.654. The Morgan fingerprint density at radius 3 is 2.08 bits per heavy atom. The Morgan fingerprint density at radius 2 is 1.75 bits per heavy atom. The molecule has 0 radical (unpaired) electrons. The monoisotopic (exact) mass is 170 g/mol. The first-order chi connectivity index (χ1) is 5.83. The molecular formula is C11H22O. The highest BCUT2D eigenvalue weighted by Crippen LogP contribution is 1.99. The quantitative estimate of drug-likeness (QED) is 0.337. The molecule has 72 valence electrons. The van der Waals surface area contributed by atoms with Gasteiger partial charge in [-0.3, -0.25) is 0 Å². The summed E-state index contributed by atoms with van der Waals surface area (Å²) in [6.45, 7) is 7.71. The van der Waals surface area contributed by atoms with E-state index in [9.17, 15) is 4.79 Å². The maximum atomic E-state index is 9.77. The Labute approximate surface area is 76.9 Å². The van der Waals surface area contributed by atoms with E-state index < -0.39 is 0 Å². The average Bonchev–Trinajstić information content (AvgIpc) is 2.13. The minimum absolute atomic E-state index is 0.750. The summed E-state index contributed by atoms with van der Waals surface area (Å²) in [5.74, 6) is 0. The molecule has 0 aliphatic carbocycles. The van der Waals surface area contributed by atoms with E-state index in [0.717, 1.165) is 25.5 Å². The number of unbranched alkanes of at least 4 members (excludes halogenated alkanes) is 4. The predicted molar refractivity (Wildman–Crippen MR) is 55.3 cm³/mol. The Kier molecular flexibility index (Phi) is 19.5. The summed E-state index contributed by atoms with van der Waals surface area (Å²) in [7, 11) is 0. The molecule has 0 amide bonds. The molecule has 0 bridgehead atoms. The highest BCUT2D eigenvalue weighted by molar-refractivity contribution is 5.48. The Morgan fingerprint density at radius 1 is 1.17 bits per heavy atom. The van der Waals surface area contributed by atoms with Crippen LogP contribution in [-0.4, -0.2) is 6.29 Å². The molecule has 0 aliphatic heterocycles. The van der Waals surface area contributed by atoms with E-state index in [-0.39, 0.29) is 0 Å². The average molecular weight is 170 g/mol. The van der Waals surface area contributed by atoms with Crippen LogP contribution in [0.1, 0.15) is 52.4 Å². The van der Waals surface area contributed by atoms with Gasteiger partial charge in [0.15, 0.2) is 0 Å². The number of carbonyl (C=O) groups is 1. The first-order valence-corrected chi connectivity index (χ1v) is 4.87. The van der Waals surface area contributed by atoms with Crippen molar-refractivity contribution in [2.75, 3.05) is 0 Å². The van der Waals surface area contributed by atoms with Crippen LogP contribution in [0.3, 0.4) is 0 Å². The molecule has 0 aromatic carbocycles. The van der Waals surface area contributed by atoms with Gasteiger partial charge in [-0.15, -0.1) is 6.58 Å². The van der Waals surface area contributed by atoms with Crippen molar-refractivity contribution in [2.45, 2.75) is 52.4 Å². The molecule has 0 saturated carbocycles. The zero-order valence-corrected chi connectivity index (χ0v) is 8.51. The van der Waals surface area contributed by atoms with Crippen molar-refractivity contribution >= 4 is 6.29 Å². The van der Waals surface area contributed by atoms with Gasteiger partial charge in [0.25, 0.3) is 0 Å². The van der Waals surface area contributed by atoms with Gasteiger partial charge in [0.2, 0.25) is 0 Å². The number of hydrogen-bond acceptors (Lipinski definition) is 1. The number of allylic oxidation sites excluding steroid dienone is 1. The SMILES string of the molecule is C=CCC.CCCCCCC=O. The van der Waals surface area contributed by atoms with Gasteiger partial charge < -0.3 is 4.79 Å². The van der Waals surface area contributed by atoms with Gasteiger partial charge in [-0.2, -0.15) is 0 Å². The molecule has 0 aliphatic rings. The van der Waals surface area contributed by atoms with Crippen LogP contribution in [0, 0.1) is 0 Å². The van der Waals surface area contributed by atoms with Gasteiger partial charge in [-0.05, 0) is 12.8 Å². The Balaban J connectivity index is 0. The van der Waals surface area contributed by atoms with Crippen LogP contribution in [0.5, 0.6) is 0 Å². The molecule has 0 N–H and O–H groups in total. The van der Waals surface area contributed by atoms with Crippen molar-refractivity contribution < 1.29 is 4.79 Å². The van der Waals surface area contributed by atoms with Gasteiger partial charge >= 0.3 is 0 Å². The van der Waals surface area contributed by atoms with Crippen LogP contribution in [0.2, 0.25) is 0 Å². The van der Waals surface area contributed by atoms with Crippen LogP contribution in [0.25, 0.3) is 0 Å². The van der Waals surface area contributed by atoms with Crippen LogP contribution in [-0.2, 0) is 4.79 Å². The van der Waals surface area contributed by atoms with Crippen molar-refractivity contribution in [3.8, 4) is 0 Å². The number of carbonyl (C=O) groups excluding carboxylic acids is 1. The highest BCUT2D eigenvalue weighted by atomic mass is 16.1. The summed E-state index contributed by atoms with van der Waals surface area (Å²) in [5.41, 5.74) is 0. The molecule has 0 atom stereocenters. The highest BCUT2D eigenvalue weighted by Gasteiger charge is 1.83. The summed E-state index contributed by atoms with van der Waals surface area (Å²) in [4.78, 5) is 9.77. The van der Waals surface area contributed by atoms with Gasteiger partial charge in [-0.25, -0.2) is 0 Å². The predicted octanol–water partition coefficient (Wildman–Crippen LogP) is 3.74. The molecule has 0 unspecified atom stereocenters. The second-order valence-corrected chi connectivity index (χ2v) is 2.71. The van der Waals surface area contributed by atoms with E-state index in [1.54, 1.807) is 0 Å². The third-order valence-corrected chi connectivity index (χ3v) is 1.46. The topological polar surface area (TPSA) is 17.1 Å². The summed E-state index contributed by atoms with van der Waals surface area (Å²) in [6.07, 6.45) is 9.52. The third kappa shape index (κ3) is 22.7. The lowest BCUT2D eigenvalue weighted by molar-refractivity contribution is -0.107. The van der Waals surface area contributed by atoms with E-state index in [4.69, 9.17) is 0 Å². The fraction of sp³-hybridized carbons (Fsp3) is 0.727. The van der Waals surface area contributed by atoms with E-state index in [2.05, 4.69) is 20.4 Å². The molecule has 12 heavy (non-hydrogen) atoms. The van der Waals surface area contributed by atoms with Crippen molar-refractivity contribution in [3.05, 3.63) is 12.7 Å². The number of hydrogen-bond donors (Lipinski definition) is 0. The van der Waals surface area contributed by atoms with E-state index >= 15 is 0 Å². The smallest absolute Gasteiger partial charge is 0.119 e. The van der Waals surface area contributed by atoms with Gasteiger partial charge in [-0.1, -0.05) is 39.2 Å². The lowest BCUT2D eigenvalue weighted by atomic mass is 10.2. The van der Waals surface area contributed by atoms with Crippen LogP contribution >= 0.6 is 0 Å². The normalized spacial score (nSPS) is 8.17. The van der Waals surface area contributed by atoms with E-state index in [0.29, 0.717) is 0 Å². The lowest BCUT2D eigenvalue weighted by Gasteiger charge is -1.90. The maximum Gasteiger partial charge on any atom is 0.119 e. The number of rotatable bonds is 6. The first-order valence-electron chi connectivity index (χ1n) is 4.87. The molecular weight excluding hydrogens is 148 g/mol. The summed E-state index contributed by atoms with van der Waals surface area (Å²) < 4.78 is 0. The zero-order chi connectivity index (χ0) is 9.66. The van der Waals surface area contributed by atoms with Gasteiger partial charge in [0, 0.05) is 6.42 Å². The largest absolute Gasteiger partial charge is 0.303 e. The summed E-state index contributed by atoms with van der Waals surface area (Å²) in [5, 5.41) is 0. The standard InChI is InChI=1S/C7H14O.C4H8/c1-2-3-4-5-6-7-8;1-3-4-2/h7H,2-6H2,1H3;3H,1,4H2,2H3. The van der Waals surface area contributed by atoms with Gasteiger partial charge in [0.05, 0.1) is 0 Å². The summed E-state index contributed by atoms with van der Waals surface area (Å²) >= 11 is 0. The van der Waals surface area contributed by atoms with Gasteiger partial charge in [0.1, 0.15) is 6.29 Å². The minimum atomic E-state index is 0.750. The Hall–Kier alpha value is -0.590. The molecule has 1 heteroatoms. The maximum absolute atomic E-state index is 9.77. The van der Waals surface area contributed by atoms with Crippen LogP contribution in [0.15, 0.2) is 12.7 Å². The molecule has 0 spiro atoms. The van der Waals surface area contributed by atoms with E-state index in [1.165, 1.54) is 19.3 Å². The van der Waals surface area contributed by atoms with Crippen molar-refractivity contribution in [1.29, 1.82) is 0 Å². The first kappa shape index (κ1) is 14.0. The summed E-state index contributed by atoms with van der Waals surface area (Å²) in [6, 6.07) is 0.